The summed E-state index contributed by atoms with van der Waals surface area (Å²) in [7, 11) is 0. The van der Waals surface area contributed by atoms with Gasteiger partial charge >= 0.3 is 0 Å². The first kappa shape index (κ1) is 22.2. The van der Waals surface area contributed by atoms with Gasteiger partial charge in [0.05, 0.1) is 22.3 Å². The number of anilines is 1. The molecule has 0 bridgehead atoms. The van der Waals surface area contributed by atoms with Gasteiger partial charge in [-0.15, -0.1) is 0 Å². The number of aryl methyl sites for hydroxylation is 2. The highest BCUT2D eigenvalue weighted by Gasteiger charge is 2.32. The first-order valence-electron chi connectivity index (χ1n) is 11.8. The molecule has 2 atom stereocenters. The maximum absolute atomic E-state index is 13.6. The van der Waals surface area contributed by atoms with E-state index in [4.69, 9.17) is 27.4 Å². The molecule has 2 aliphatic rings. The van der Waals surface area contributed by atoms with Gasteiger partial charge < -0.3 is 15.5 Å². The van der Waals surface area contributed by atoms with Crippen LogP contribution in [-0.2, 0) is 0 Å². The number of fused-ring (bicyclic) bond motifs is 1. The summed E-state index contributed by atoms with van der Waals surface area (Å²) in [5, 5.41) is 5.39. The summed E-state index contributed by atoms with van der Waals surface area (Å²) in [4.78, 5) is 22.7. The van der Waals surface area contributed by atoms with Crippen molar-refractivity contribution in [1.29, 1.82) is 0 Å². The molecule has 0 aliphatic carbocycles. The van der Waals surface area contributed by atoms with E-state index in [9.17, 15) is 4.79 Å². The summed E-state index contributed by atoms with van der Waals surface area (Å²) in [6.07, 6.45) is 5.93. The number of nitrogens with zero attached hydrogens (tertiary/aromatic N) is 5. The molecule has 5 rings (SSSR count). The van der Waals surface area contributed by atoms with Gasteiger partial charge in [0.1, 0.15) is 5.82 Å². The second kappa shape index (κ2) is 8.61. The molecule has 0 radical (unpaired) electrons. The third-order valence-electron chi connectivity index (χ3n) is 7.14. The zero-order chi connectivity index (χ0) is 23.3. The second-order valence-corrected chi connectivity index (χ2v) is 9.87. The molecule has 1 amide bonds. The van der Waals surface area contributed by atoms with E-state index in [1.165, 1.54) is 0 Å². The zero-order valence-corrected chi connectivity index (χ0v) is 20.3. The summed E-state index contributed by atoms with van der Waals surface area (Å²) < 4.78 is 1.84. The number of benzene rings is 1. The Morgan fingerprint density at radius 1 is 1.12 bits per heavy atom. The summed E-state index contributed by atoms with van der Waals surface area (Å²) in [5.74, 6) is 0.945. The van der Waals surface area contributed by atoms with Crippen molar-refractivity contribution in [3.8, 4) is 0 Å². The minimum Gasteiger partial charge on any atom is -0.355 e. The molecule has 2 N–H and O–H groups in total. The summed E-state index contributed by atoms with van der Waals surface area (Å²) >= 11 is 6.59. The van der Waals surface area contributed by atoms with Crippen molar-refractivity contribution >= 4 is 29.0 Å². The van der Waals surface area contributed by atoms with Crippen molar-refractivity contribution in [2.24, 2.45) is 5.73 Å². The number of aromatic nitrogens is 3. The van der Waals surface area contributed by atoms with Gasteiger partial charge in [-0.3, -0.25) is 4.79 Å². The third kappa shape index (κ3) is 3.97. The van der Waals surface area contributed by atoms with Crippen molar-refractivity contribution in [2.45, 2.75) is 58.5 Å². The lowest BCUT2D eigenvalue weighted by Crippen LogP contribution is -2.39. The van der Waals surface area contributed by atoms with Gasteiger partial charge in [0, 0.05) is 43.5 Å². The maximum atomic E-state index is 13.6. The Morgan fingerprint density at radius 3 is 2.70 bits per heavy atom. The smallest absolute Gasteiger partial charge is 0.255 e. The zero-order valence-electron chi connectivity index (χ0n) is 19.5. The largest absolute Gasteiger partial charge is 0.355 e. The van der Waals surface area contributed by atoms with Gasteiger partial charge in [-0.05, 0) is 63.6 Å². The average molecular weight is 467 g/mol. The number of halogens is 1. The lowest BCUT2D eigenvalue weighted by molar-refractivity contribution is 0.0606. The van der Waals surface area contributed by atoms with Gasteiger partial charge in [0.15, 0.2) is 5.65 Å². The van der Waals surface area contributed by atoms with Crippen LogP contribution in [0.15, 0.2) is 24.4 Å². The molecule has 1 aromatic carbocycles. The highest BCUT2D eigenvalue weighted by Crippen LogP contribution is 2.34. The predicted octanol–water partition coefficient (Wildman–Crippen LogP) is 4.21. The molecule has 2 saturated heterocycles. The Balaban J connectivity index is 1.48. The van der Waals surface area contributed by atoms with Gasteiger partial charge in [0.25, 0.3) is 5.91 Å². The molecule has 174 valence electrons. The van der Waals surface area contributed by atoms with Gasteiger partial charge in [-0.1, -0.05) is 17.7 Å². The third-order valence-corrected chi connectivity index (χ3v) is 7.63. The van der Waals surface area contributed by atoms with Crippen LogP contribution in [-0.4, -0.2) is 51.1 Å². The second-order valence-electron chi connectivity index (χ2n) is 9.49. The number of carbonyl (C=O) groups excluding carboxylic acids is 1. The van der Waals surface area contributed by atoms with E-state index in [1.54, 1.807) is 0 Å². The number of rotatable bonds is 3. The molecule has 8 heteroatoms. The quantitative estimate of drug-likeness (QED) is 0.625. The number of carbonyl (C=O) groups is 1. The van der Waals surface area contributed by atoms with E-state index in [1.807, 2.05) is 47.7 Å². The minimum absolute atomic E-state index is 0.0271. The van der Waals surface area contributed by atoms with E-state index in [0.717, 1.165) is 72.6 Å². The summed E-state index contributed by atoms with van der Waals surface area (Å²) in [5.41, 5.74) is 11.5. The summed E-state index contributed by atoms with van der Waals surface area (Å²) in [6, 6.07) is 5.95. The molecular weight excluding hydrogens is 436 g/mol. The fourth-order valence-electron chi connectivity index (χ4n) is 5.07. The molecule has 4 heterocycles. The van der Waals surface area contributed by atoms with Gasteiger partial charge in [0.2, 0.25) is 0 Å². The molecule has 0 spiro atoms. The summed E-state index contributed by atoms with van der Waals surface area (Å²) in [6.45, 7) is 8.48. The molecule has 0 saturated carbocycles. The molecule has 2 fully saturated rings. The molecule has 33 heavy (non-hydrogen) atoms. The van der Waals surface area contributed by atoms with Crippen LogP contribution in [0.4, 0.5) is 5.82 Å². The van der Waals surface area contributed by atoms with Crippen LogP contribution in [0.3, 0.4) is 0 Å². The van der Waals surface area contributed by atoms with Crippen molar-refractivity contribution in [3.05, 3.63) is 57.4 Å². The van der Waals surface area contributed by atoms with E-state index in [-0.39, 0.29) is 18.0 Å². The molecule has 2 aliphatic heterocycles. The minimum atomic E-state index is -0.0883. The Hall–Kier alpha value is -2.64. The van der Waals surface area contributed by atoms with E-state index < -0.39 is 0 Å². The van der Waals surface area contributed by atoms with Crippen LogP contribution in [0.1, 0.15) is 64.5 Å². The first-order valence-corrected chi connectivity index (χ1v) is 12.2. The monoisotopic (exact) mass is 466 g/mol. The molecule has 3 aromatic rings. The topological polar surface area (TPSA) is 79.8 Å². The first-order chi connectivity index (χ1) is 15.8. The fourth-order valence-corrected chi connectivity index (χ4v) is 5.36. The number of hydrogen-bond acceptors (Lipinski definition) is 5. The van der Waals surface area contributed by atoms with Gasteiger partial charge in [-0.2, -0.15) is 5.10 Å². The molecule has 7 nitrogen and oxygen atoms in total. The van der Waals surface area contributed by atoms with E-state index in [0.29, 0.717) is 17.1 Å². The van der Waals surface area contributed by atoms with Crippen LogP contribution in [0.2, 0.25) is 5.02 Å². The molecular formula is C25H31ClN6O. The van der Waals surface area contributed by atoms with Crippen molar-refractivity contribution in [2.75, 3.05) is 24.5 Å². The lowest BCUT2D eigenvalue weighted by Gasteiger charge is -2.35. The highest BCUT2D eigenvalue weighted by molar-refractivity contribution is 6.34. The predicted molar refractivity (Wildman–Crippen MR) is 131 cm³/mol. The fraction of sp³-hybridized carbons (Fsp3) is 0.480. The number of piperidine rings is 1. The normalized spacial score (nSPS) is 21.2. The Morgan fingerprint density at radius 2 is 1.94 bits per heavy atom. The van der Waals surface area contributed by atoms with Crippen molar-refractivity contribution < 1.29 is 4.79 Å². The van der Waals surface area contributed by atoms with Crippen LogP contribution < -0.4 is 10.6 Å². The Labute approximate surface area is 199 Å². The van der Waals surface area contributed by atoms with Crippen LogP contribution in [0, 0.1) is 20.8 Å². The number of amides is 1. The van der Waals surface area contributed by atoms with Crippen molar-refractivity contribution in [1.82, 2.24) is 19.5 Å². The van der Waals surface area contributed by atoms with Crippen molar-refractivity contribution in [3.63, 3.8) is 0 Å². The van der Waals surface area contributed by atoms with Crippen LogP contribution >= 0.6 is 11.6 Å². The van der Waals surface area contributed by atoms with Crippen LogP contribution in [0.25, 0.3) is 5.65 Å². The highest BCUT2D eigenvalue weighted by atomic mass is 35.5. The molecule has 2 aromatic heterocycles. The number of nitrogens with two attached hydrogens (primary N) is 1. The van der Waals surface area contributed by atoms with Gasteiger partial charge in [-0.25, -0.2) is 9.50 Å². The average Bonchev–Trinajstić information content (AvgIpc) is 3.42. The Kier molecular flexibility index (Phi) is 5.79. The number of hydrogen-bond donors (Lipinski definition) is 1. The molecule has 0 unspecified atom stereocenters. The lowest BCUT2D eigenvalue weighted by atomic mass is 9.97. The van der Waals surface area contributed by atoms with E-state index in [2.05, 4.69) is 11.8 Å². The standard InChI is InChI=1S/C25H31ClN6O/c1-15-7-8-19(23(26)17(15)3)25(33)31-10-5-4-6-21(31)20-12-22-28-24(16(2)13-32(22)29-20)30-11-9-18(27)14-30/h7-8,12-13,18,21H,4-6,9-11,14,27H2,1-3H3/t18-,21-/m0/s1. The van der Waals surface area contributed by atoms with Crippen LogP contribution in [0.5, 0.6) is 0 Å². The maximum Gasteiger partial charge on any atom is 0.255 e. The Bertz CT molecular complexity index is 1220. The van der Waals surface area contributed by atoms with E-state index >= 15 is 0 Å². The SMILES string of the molecule is Cc1cn2nc([C@@H]3CCCCN3C(=O)c3ccc(C)c(C)c3Cl)cc2nc1N1CC[C@H](N)C1. The number of likely N-dealkylation sites (tertiary alicyclic amines) is 1.